The molecule has 2 nitrogen and oxygen atoms in total. The number of nitrogens with zero attached hydrogens (tertiary/aromatic N) is 1. The van der Waals surface area contributed by atoms with Gasteiger partial charge in [0.05, 0.1) is 0 Å². The fourth-order valence-electron chi connectivity index (χ4n) is 3.60. The fourth-order valence-corrected chi connectivity index (χ4v) is 3.60. The maximum absolute atomic E-state index is 6.73. The number of aryl methyl sites for hydroxylation is 1. The van der Waals surface area contributed by atoms with E-state index in [1.807, 2.05) is 0 Å². The second-order valence-electron chi connectivity index (χ2n) is 6.25. The monoisotopic (exact) mass is 260 g/mol. The van der Waals surface area contributed by atoms with Gasteiger partial charge in [-0.1, -0.05) is 49.9 Å². The van der Waals surface area contributed by atoms with Gasteiger partial charge >= 0.3 is 0 Å². The van der Waals surface area contributed by atoms with Crippen LogP contribution in [0.2, 0.25) is 0 Å². The maximum atomic E-state index is 6.73. The van der Waals surface area contributed by atoms with Gasteiger partial charge in [-0.3, -0.25) is 0 Å². The van der Waals surface area contributed by atoms with Crippen LogP contribution in [-0.2, 0) is 0 Å². The minimum atomic E-state index is 0.113. The molecular formula is C17H28N2. The maximum Gasteiger partial charge on any atom is 0.0484 e. The molecule has 1 aliphatic rings. The standard InChI is InChI=1S/C17H28N2/c1-14-10-6-7-11-15(14)16(18)17(19(2)3)12-8-4-5-9-13-17/h6-7,10-11,16H,4-5,8-9,12-13,18H2,1-3H3. The van der Waals surface area contributed by atoms with Crippen molar-refractivity contribution in [2.24, 2.45) is 5.73 Å². The van der Waals surface area contributed by atoms with Crippen molar-refractivity contribution in [2.45, 2.75) is 57.0 Å². The minimum Gasteiger partial charge on any atom is -0.322 e. The van der Waals surface area contributed by atoms with Crippen LogP contribution in [0, 0.1) is 6.92 Å². The summed E-state index contributed by atoms with van der Waals surface area (Å²) in [7, 11) is 4.40. The molecule has 0 radical (unpaired) electrons. The highest BCUT2D eigenvalue weighted by Crippen LogP contribution is 2.40. The molecule has 0 heterocycles. The Labute approximate surface area is 118 Å². The van der Waals surface area contributed by atoms with Crippen molar-refractivity contribution in [1.82, 2.24) is 4.90 Å². The molecule has 0 bridgehead atoms. The van der Waals surface area contributed by atoms with E-state index in [0.717, 1.165) is 0 Å². The van der Waals surface area contributed by atoms with Crippen LogP contribution >= 0.6 is 0 Å². The quantitative estimate of drug-likeness (QED) is 0.841. The summed E-state index contributed by atoms with van der Waals surface area (Å²) in [4.78, 5) is 2.38. The van der Waals surface area contributed by atoms with Crippen molar-refractivity contribution < 1.29 is 0 Å². The average Bonchev–Trinajstić information content (AvgIpc) is 2.65. The van der Waals surface area contributed by atoms with E-state index >= 15 is 0 Å². The van der Waals surface area contributed by atoms with Crippen molar-refractivity contribution >= 4 is 0 Å². The molecule has 1 aliphatic carbocycles. The molecule has 19 heavy (non-hydrogen) atoms. The van der Waals surface area contributed by atoms with Gasteiger partial charge in [0.25, 0.3) is 0 Å². The van der Waals surface area contributed by atoms with Gasteiger partial charge in [-0.25, -0.2) is 0 Å². The van der Waals surface area contributed by atoms with Crippen LogP contribution in [0.4, 0.5) is 0 Å². The van der Waals surface area contributed by atoms with Crippen LogP contribution in [0.15, 0.2) is 24.3 Å². The van der Waals surface area contributed by atoms with Crippen LogP contribution in [0.5, 0.6) is 0 Å². The van der Waals surface area contributed by atoms with Crippen LogP contribution in [0.25, 0.3) is 0 Å². The van der Waals surface area contributed by atoms with E-state index in [2.05, 4.69) is 50.2 Å². The molecule has 1 aromatic rings. The van der Waals surface area contributed by atoms with Gasteiger partial charge < -0.3 is 10.6 Å². The number of hydrogen-bond donors (Lipinski definition) is 1. The lowest BCUT2D eigenvalue weighted by Crippen LogP contribution is -2.52. The molecule has 0 saturated heterocycles. The average molecular weight is 260 g/mol. The molecule has 0 aromatic heterocycles. The van der Waals surface area contributed by atoms with E-state index < -0.39 is 0 Å². The van der Waals surface area contributed by atoms with Crippen molar-refractivity contribution in [2.75, 3.05) is 14.1 Å². The summed E-state index contributed by atoms with van der Waals surface area (Å²) in [6.07, 6.45) is 7.76. The Bertz CT molecular complexity index is 403. The molecule has 1 fully saturated rings. The highest BCUT2D eigenvalue weighted by Gasteiger charge is 2.40. The zero-order chi connectivity index (χ0) is 13.9. The molecule has 1 saturated carbocycles. The van der Waals surface area contributed by atoms with Crippen molar-refractivity contribution in [3.8, 4) is 0 Å². The lowest BCUT2D eigenvalue weighted by molar-refractivity contribution is 0.0966. The number of nitrogens with two attached hydrogens (primary N) is 1. The molecule has 2 rings (SSSR count). The predicted molar refractivity (Wildman–Crippen MR) is 82.2 cm³/mol. The molecule has 1 aromatic carbocycles. The highest BCUT2D eigenvalue weighted by atomic mass is 15.2. The third kappa shape index (κ3) is 2.85. The summed E-state index contributed by atoms with van der Waals surface area (Å²) in [6, 6.07) is 8.70. The summed E-state index contributed by atoms with van der Waals surface area (Å²) in [5.74, 6) is 0. The van der Waals surface area contributed by atoms with Gasteiger partial charge in [-0.2, -0.15) is 0 Å². The molecule has 0 amide bonds. The summed E-state index contributed by atoms with van der Waals surface area (Å²) >= 11 is 0. The topological polar surface area (TPSA) is 29.3 Å². The van der Waals surface area contributed by atoms with Gasteiger partial charge in [-0.05, 0) is 45.0 Å². The second kappa shape index (κ2) is 6.06. The van der Waals surface area contributed by atoms with E-state index in [-0.39, 0.29) is 11.6 Å². The molecule has 2 heteroatoms. The first-order chi connectivity index (χ1) is 9.08. The summed E-state index contributed by atoms with van der Waals surface area (Å²) in [6.45, 7) is 2.18. The third-order valence-corrected chi connectivity index (χ3v) is 4.96. The molecule has 1 atom stereocenters. The largest absolute Gasteiger partial charge is 0.322 e. The molecule has 106 valence electrons. The van der Waals surface area contributed by atoms with Crippen molar-refractivity contribution in [1.29, 1.82) is 0 Å². The van der Waals surface area contributed by atoms with E-state index in [1.165, 1.54) is 49.7 Å². The van der Waals surface area contributed by atoms with E-state index in [9.17, 15) is 0 Å². The third-order valence-electron chi connectivity index (χ3n) is 4.96. The van der Waals surface area contributed by atoms with Crippen molar-refractivity contribution in [3.63, 3.8) is 0 Å². The molecule has 0 spiro atoms. The number of hydrogen-bond acceptors (Lipinski definition) is 2. The Morgan fingerprint density at radius 2 is 1.63 bits per heavy atom. The first kappa shape index (κ1) is 14.5. The zero-order valence-corrected chi connectivity index (χ0v) is 12.7. The van der Waals surface area contributed by atoms with Crippen LogP contribution in [0.3, 0.4) is 0 Å². The Morgan fingerprint density at radius 1 is 1.05 bits per heavy atom. The Hall–Kier alpha value is -0.860. The molecular weight excluding hydrogens is 232 g/mol. The SMILES string of the molecule is Cc1ccccc1C(N)C1(N(C)C)CCCCCC1. The minimum absolute atomic E-state index is 0.113. The predicted octanol–water partition coefficient (Wildman–Crippen LogP) is 3.65. The summed E-state index contributed by atoms with van der Waals surface area (Å²) in [5, 5.41) is 0. The fraction of sp³-hybridized carbons (Fsp3) is 0.647. The normalized spacial score (nSPS) is 21.1. The lowest BCUT2D eigenvalue weighted by Gasteiger charge is -2.45. The second-order valence-corrected chi connectivity index (χ2v) is 6.25. The zero-order valence-electron chi connectivity index (χ0n) is 12.7. The molecule has 0 aliphatic heterocycles. The smallest absolute Gasteiger partial charge is 0.0484 e. The number of likely N-dealkylation sites (N-methyl/N-ethyl adjacent to an activating group) is 1. The van der Waals surface area contributed by atoms with Gasteiger partial charge in [0, 0.05) is 11.6 Å². The Kier molecular flexibility index (Phi) is 4.64. The van der Waals surface area contributed by atoms with Gasteiger partial charge in [-0.15, -0.1) is 0 Å². The van der Waals surface area contributed by atoms with Crippen LogP contribution in [-0.4, -0.2) is 24.5 Å². The lowest BCUT2D eigenvalue weighted by atomic mass is 9.77. The summed E-state index contributed by atoms with van der Waals surface area (Å²) in [5.41, 5.74) is 9.50. The Morgan fingerprint density at radius 3 is 2.16 bits per heavy atom. The van der Waals surface area contributed by atoms with Crippen LogP contribution in [0.1, 0.15) is 55.7 Å². The number of rotatable bonds is 3. The first-order valence-corrected chi connectivity index (χ1v) is 7.56. The number of benzene rings is 1. The van der Waals surface area contributed by atoms with Gasteiger partial charge in [0.1, 0.15) is 0 Å². The Balaban J connectivity index is 2.35. The van der Waals surface area contributed by atoms with E-state index in [1.54, 1.807) is 0 Å². The van der Waals surface area contributed by atoms with Gasteiger partial charge in [0.2, 0.25) is 0 Å². The van der Waals surface area contributed by atoms with Crippen molar-refractivity contribution in [3.05, 3.63) is 35.4 Å². The molecule has 1 unspecified atom stereocenters. The van der Waals surface area contributed by atoms with E-state index in [0.29, 0.717) is 0 Å². The van der Waals surface area contributed by atoms with E-state index in [4.69, 9.17) is 5.73 Å². The van der Waals surface area contributed by atoms with Crippen LogP contribution < -0.4 is 5.73 Å². The first-order valence-electron chi connectivity index (χ1n) is 7.56. The summed E-state index contributed by atoms with van der Waals surface area (Å²) < 4.78 is 0. The molecule has 2 N–H and O–H groups in total. The van der Waals surface area contributed by atoms with Gasteiger partial charge in [0.15, 0.2) is 0 Å². The highest BCUT2D eigenvalue weighted by molar-refractivity contribution is 5.31.